The van der Waals surface area contributed by atoms with Gasteiger partial charge in [0.1, 0.15) is 29.5 Å². The van der Waals surface area contributed by atoms with Crippen molar-refractivity contribution in [2.75, 3.05) is 6.54 Å². The lowest BCUT2D eigenvalue weighted by molar-refractivity contribution is 0.0188. The quantitative estimate of drug-likeness (QED) is 0.526. The van der Waals surface area contributed by atoms with Gasteiger partial charge in [-0.25, -0.2) is 9.18 Å². The number of carbonyl (C=O) groups is 1. The fourth-order valence-electron chi connectivity index (χ4n) is 3.60. The highest BCUT2D eigenvalue weighted by molar-refractivity contribution is 5.67. The smallest absolute Gasteiger partial charge is 0.407 e. The van der Waals surface area contributed by atoms with Crippen LogP contribution in [0.25, 0.3) is 0 Å². The number of amides is 1. The van der Waals surface area contributed by atoms with E-state index in [4.69, 9.17) is 9.47 Å². The van der Waals surface area contributed by atoms with Crippen molar-refractivity contribution in [2.45, 2.75) is 31.2 Å². The van der Waals surface area contributed by atoms with Crippen molar-refractivity contribution < 1.29 is 23.8 Å². The minimum absolute atomic E-state index is 0.135. The Labute approximate surface area is 185 Å². The molecule has 1 aliphatic rings. The number of benzene rings is 2. The van der Waals surface area contributed by atoms with E-state index in [-0.39, 0.29) is 18.4 Å². The van der Waals surface area contributed by atoms with Gasteiger partial charge < -0.3 is 25.2 Å². The second kappa shape index (κ2) is 10.2. The molecule has 3 aromatic rings. The third-order valence-electron chi connectivity index (χ3n) is 5.18. The zero-order chi connectivity index (χ0) is 22.3. The summed E-state index contributed by atoms with van der Waals surface area (Å²) in [6, 6.07) is 16.9. The molecule has 8 heteroatoms. The number of aliphatic hydroxyl groups is 1. The maximum Gasteiger partial charge on any atom is 0.407 e. The van der Waals surface area contributed by atoms with Crippen LogP contribution in [0.4, 0.5) is 9.18 Å². The first kappa shape index (κ1) is 21.7. The van der Waals surface area contributed by atoms with Crippen LogP contribution in [0.15, 0.2) is 73.1 Å². The van der Waals surface area contributed by atoms with Crippen molar-refractivity contribution in [3.63, 3.8) is 0 Å². The summed E-state index contributed by atoms with van der Waals surface area (Å²) < 4.78 is 24.5. The zero-order valence-corrected chi connectivity index (χ0v) is 17.3. The highest BCUT2D eigenvalue weighted by atomic mass is 19.1. The van der Waals surface area contributed by atoms with Gasteiger partial charge in [0.05, 0.1) is 12.2 Å². The van der Waals surface area contributed by atoms with Gasteiger partial charge in [0.15, 0.2) is 0 Å². The number of hydrogen-bond acceptors (Lipinski definition) is 6. The van der Waals surface area contributed by atoms with Crippen molar-refractivity contribution in [2.24, 2.45) is 0 Å². The van der Waals surface area contributed by atoms with Crippen LogP contribution >= 0.6 is 0 Å². The number of carbonyl (C=O) groups excluding carboxylic acids is 1. The van der Waals surface area contributed by atoms with Gasteiger partial charge in [0.25, 0.3) is 0 Å². The van der Waals surface area contributed by atoms with E-state index in [1.807, 2.05) is 30.3 Å². The second-order valence-corrected chi connectivity index (χ2v) is 7.57. The van der Waals surface area contributed by atoms with E-state index in [2.05, 4.69) is 15.6 Å². The van der Waals surface area contributed by atoms with Gasteiger partial charge in [0, 0.05) is 19.3 Å². The minimum Gasteiger partial charge on any atom is -0.456 e. The lowest BCUT2D eigenvalue weighted by atomic mass is 10.0. The molecule has 3 N–H and O–H groups in total. The lowest BCUT2D eigenvalue weighted by Crippen LogP contribution is -2.41. The Morgan fingerprint density at radius 1 is 1.12 bits per heavy atom. The highest BCUT2D eigenvalue weighted by Gasteiger charge is 2.37. The number of aliphatic hydroxyl groups excluding tert-OH is 1. The first-order chi connectivity index (χ1) is 15.6. The molecule has 0 radical (unpaired) electrons. The minimum atomic E-state index is -0.812. The van der Waals surface area contributed by atoms with Crippen LogP contribution in [0.5, 0.6) is 11.5 Å². The van der Waals surface area contributed by atoms with Gasteiger partial charge in [0.2, 0.25) is 0 Å². The van der Waals surface area contributed by atoms with Gasteiger partial charge in [-0.05, 0) is 53.9 Å². The molecule has 0 unspecified atom stereocenters. The first-order valence-corrected chi connectivity index (χ1v) is 10.3. The van der Waals surface area contributed by atoms with Crippen molar-refractivity contribution in [3.8, 4) is 11.5 Å². The molecule has 1 aromatic heterocycles. The molecule has 166 valence electrons. The van der Waals surface area contributed by atoms with Crippen LogP contribution in [-0.4, -0.2) is 41.0 Å². The van der Waals surface area contributed by atoms with Gasteiger partial charge in [-0.3, -0.25) is 4.98 Å². The molecule has 0 saturated carbocycles. The molecule has 1 fully saturated rings. The Bertz CT molecular complexity index is 1030. The summed E-state index contributed by atoms with van der Waals surface area (Å²) in [5.74, 6) is 0.967. The summed E-state index contributed by atoms with van der Waals surface area (Å²) in [5.41, 5.74) is 1.63. The number of nitrogens with one attached hydrogen (secondary N) is 2. The number of β-amino-alcohol motifs (C(OH)–C–C–N with tert-alkyl or cyclic N) is 1. The Kier molecular flexibility index (Phi) is 6.94. The second-order valence-electron chi connectivity index (χ2n) is 7.57. The van der Waals surface area contributed by atoms with Crippen LogP contribution in [0, 0.1) is 5.82 Å². The summed E-state index contributed by atoms with van der Waals surface area (Å²) in [6.45, 7) is 0.463. The van der Waals surface area contributed by atoms with E-state index in [0.717, 1.165) is 5.56 Å². The molecular weight excluding hydrogens is 413 g/mol. The van der Waals surface area contributed by atoms with Gasteiger partial charge in [-0.1, -0.05) is 24.3 Å². The Morgan fingerprint density at radius 3 is 2.72 bits per heavy atom. The Morgan fingerprint density at radius 2 is 1.97 bits per heavy atom. The predicted octanol–water partition coefficient (Wildman–Crippen LogP) is 3.18. The molecule has 3 atom stereocenters. The number of rotatable bonds is 7. The topological polar surface area (TPSA) is 92.7 Å². The lowest BCUT2D eigenvalue weighted by Gasteiger charge is -2.22. The number of ether oxygens (including phenoxy) is 2. The number of alkyl carbamates (subject to hydrolysis) is 1. The third kappa shape index (κ3) is 5.81. The SMILES string of the molecule is O=C(NCc1cccc(F)c1)O[C@@H]1[C@@H](O)CN[C@@H]1Cc1ccc(Oc2cccnc2)cc1. The first-order valence-electron chi connectivity index (χ1n) is 10.3. The standard InChI is InChI=1S/C24H24FN3O4/c25-18-4-1-3-17(11-18)13-28-24(30)32-23-21(27-15-22(23)29)12-16-6-8-19(9-7-16)31-20-5-2-10-26-14-20/h1-11,14,21-23,27,29H,12-13,15H2,(H,28,30)/t21-,22+,23+/m1/s1. The summed E-state index contributed by atoms with van der Waals surface area (Å²) in [6.07, 6.45) is 1.71. The maximum atomic E-state index is 13.3. The van der Waals surface area contributed by atoms with Crippen LogP contribution in [0.3, 0.4) is 0 Å². The zero-order valence-electron chi connectivity index (χ0n) is 17.3. The molecule has 0 spiro atoms. The van der Waals surface area contributed by atoms with E-state index < -0.39 is 18.3 Å². The van der Waals surface area contributed by atoms with Crippen molar-refractivity contribution in [1.82, 2.24) is 15.6 Å². The summed E-state index contributed by atoms with van der Waals surface area (Å²) >= 11 is 0. The molecule has 2 aromatic carbocycles. The number of halogens is 1. The fraction of sp³-hybridized carbons (Fsp3) is 0.250. The predicted molar refractivity (Wildman–Crippen MR) is 116 cm³/mol. The number of aromatic nitrogens is 1. The average Bonchev–Trinajstić information content (AvgIpc) is 3.13. The van der Waals surface area contributed by atoms with E-state index in [1.165, 1.54) is 12.1 Å². The van der Waals surface area contributed by atoms with Crippen LogP contribution in [0.1, 0.15) is 11.1 Å². The van der Waals surface area contributed by atoms with Crippen LogP contribution < -0.4 is 15.4 Å². The van der Waals surface area contributed by atoms with E-state index in [1.54, 1.807) is 30.6 Å². The molecule has 32 heavy (non-hydrogen) atoms. The molecule has 1 aliphatic heterocycles. The number of pyridine rings is 1. The Hall–Kier alpha value is -3.49. The van der Waals surface area contributed by atoms with Crippen molar-refractivity contribution in [1.29, 1.82) is 0 Å². The van der Waals surface area contributed by atoms with E-state index in [0.29, 0.717) is 30.0 Å². The van der Waals surface area contributed by atoms with Crippen LogP contribution in [0.2, 0.25) is 0 Å². The monoisotopic (exact) mass is 437 g/mol. The Balaban J connectivity index is 1.31. The molecular formula is C24H24FN3O4. The molecule has 1 saturated heterocycles. The highest BCUT2D eigenvalue weighted by Crippen LogP contribution is 2.23. The average molecular weight is 437 g/mol. The summed E-state index contributed by atoms with van der Waals surface area (Å²) in [5, 5.41) is 16.1. The molecule has 0 bridgehead atoms. The van der Waals surface area contributed by atoms with Crippen LogP contribution in [-0.2, 0) is 17.7 Å². The maximum absolute atomic E-state index is 13.3. The summed E-state index contributed by atoms with van der Waals surface area (Å²) in [7, 11) is 0. The van der Waals surface area contributed by atoms with Crippen molar-refractivity contribution >= 4 is 6.09 Å². The van der Waals surface area contributed by atoms with Gasteiger partial charge >= 0.3 is 6.09 Å². The largest absolute Gasteiger partial charge is 0.456 e. The molecule has 4 rings (SSSR count). The molecule has 0 aliphatic carbocycles. The van der Waals surface area contributed by atoms with Gasteiger partial charge in [-0.15, -0.1) is 0 Å². The summed E-state index contributed by atoms with van der Waals surface area (Å²) in [4.78, 5) is 16.3. The van der Waals surface area contributed by atoms with E-state index >= 15 is 0 Å². The normalized spacial score (nSPS) is 20.0. The molecule has 1 amide bonds. The fourth-order valence-corrected chi connectivity index (χ4v) is 3.60. The number of hydrogen-bond donors (Lipinski definition) is 3. The molecule has 2 heterocycles. The van der Waals surface area contributed by atoms with Crippen molar-refractivity contribution in [3.05, 3.63) is 90.0 Å². The number of nitrogens with zero attached hydrogens (tertiary/aromatic N) is 1. The molecule has 7 nitrogen and oxygen atoms in total. The third-order valence-corrected chi connectivity index (χ3v) is 5.18. The van der Waals surface area contributed by atoms with E-state index in [9.17, 15) is 14.3 Å². The van der Waals surface area contributed by atoms with Gasteiger partial charge in [-0.2, -0.15) is 0 Å².